The van der Waals surface area contributed by atoms with E-state index in [9.17, 15) is 0 Å². The summed E-state index contributed by atoms with van der Waals surface area (Å²) in [7, 11) is 0. The zero-order chi connectivity index (χ0) is 22.1. The Kier molecular flexibility index (Phi) is 5.28. The van der Waals surface area contributed by atoms with Gasteiger partial charge in [-0.25, -0.2) is 14.5 Å². The van der Waals surface area contributed by atoms with Gasteiger partial charge in [0, 0.05) is 29.7 Å². The standard InChI is InChI=1S/C23H20ClN7O/c1-15-16(2)30(12-18-7-9-25-10-8-18)22-21(15)23-28-20(29-31(23)14-26-22)13-32-27-11-17-3-5-19(24)6-4-17/h3-11,14H,12-13H2,1-2H3/b27-11+. The highest BCUT2D eigenvalue weighted by atomic mass is 35.5. The average molecular weight is 446 g/mol. The van der Waals surface area contributed by atoms with Gasteiger partial charge < -0.3 is 9.40 Å². The number of halogens is 1. The molecule has 0 fully saturated rings. The minimum Gasteiger partial charge on any atom is -0.387 e. The summed E-state index contributed by atoms with van der Waals surface area (Å²) in [5.74, 6) is 0.534. The number of pyridine rings is 1. The summed E-state index contributed by atoms with van der Waals surface area (Å²) >= 11 is 5.89. The van der Waals surface area contributed by atoms with Crippen LogP contribution >= 0.6 is 11.6 Å². The molecule has 0 saturated carbocycles. The Morgan fingerprint density at radius 3 is 2.62 bits per heavy atom. The zero-order valence-corrected chi connectivity index (χ0v) is 18.4. The van der Waals surface area contributed by atoms with Crippen LogP contribution in [0.2, 0.25) is 5.02 Å². The molecular weight excluding hydrogens is 426 g/mol. The predicted molar refractivity (Wildman–Crippen MR) is 123 cm³/mol. The summed E-state index contributed by atoms with van der Waals surface area (Å²) in [4.78, 5) is 18.9. The van der Waals surface area contributed by atoms with Crippen LogP contribution < -0.4 is 0 Å². The van der Waals surface area contributed by atoms with Gasteiger partial charge in [-0.15, -0.1) is 5.10 Å². The number of fused-ring (bicyclic) bond motifs is 3. The van der Waals surface area contributed by atoms with E-state index < -0.39 is 0 Å². The third kappa shape index (κ3) is 3.80. The fourth-order valence-electron chi connectivity index (χ4n) is 3.64. The molecule has 4 heterocycles. The smallest absolute Gasteiger partial charge is 0.192 e. The van der Waals surface area contributed by atoms with Gasteiger partial charge in [-0.1, -0.05) is 28.9 Å². The summed E-state index contributed by atoms with van der Waals surface area (Å²) in [5, 5.41) is 10.2. The molecule has 0 saturated heterocycles. The van der Waals surface area contributed by atoms with Crippen molar-refractivity contribution < 1.29 is 4.84 Å². The highest BCUT2D eigenvalue weighted by Gasteiger charge is 2.18. The van der Waals surface area contributed by atoms with Crippen molar-refractivity contribution in [2.45, 2.75) is 27.0 Å². The second-order valence-electron chi connectivity index (χ2n) is 7.45. The molecule has 160 valence electrons. The highest BCUT2D eigenvalue weighted by Crippen LogP contribution is 2.27. The van der Waals surface area contributed by atoms with Gasteiger partial charge in [-0.2, -0.15) is 0 Å². The van der Waals surface area contributed by atoms with Crippen LogP contribution in [0, 0.1) is 13.8 Å². The number of rotatable bonds is 6. The monoisotopic (exact) mass is 445 g/mol. The molecule has 0 N–H and O–H groups in total. The molecule has 0 bridgehead atoms. The van der Waals surface area contributed by atoms with Crippen molar-refractivity contribution in [2.24, 2.45) is 5.16 Å². The molecule has 0 atom stereocenters. The number of benzene rings is 1. The number of aryl methyl sites for hydroxylation is 1. The Balaban J connectivity index is 1.41. The summed E-state index contributed by atoms with van der Waals surface area (Å²) in [6, 6.07) is 11.4. The van der Waals surface area contributed by atoms with E-state index in [0.29, 0.717) is 17.4 Å². The van der Waals surface area contributed by atoms with Crippen molar-refractivity contribution in [1.82, 2.24) is 29.1 Å². The number of nitrogens with zero attached hydrogens (tertiary/aromatic N) is 7. The van der Waals surface area contributed by atoms with Crippen molar-refractivity contribution in [2.75, 3.05) is 0 Å². The van der Waals surface area contributed by atoms with Crippen molar-refractivity contribution in [3.63, 3.8) is 0 Å². The van der Waals surface area contributed by atoms with E-state index in [1.807, 2.05) is 24.3 Å². The van der Waals surface area contributed by atoms with Gasteiger partial charge in [0.25, 0.3) is 0 Å². The molecule has 0 unspecified atom stereocenters. The van der Waals surface area contributed by atoms with Gasteiger partial charge >= 0.3 is 0 Å². The topological polar surface area (TPSA) is 82.5 Å². The van der Waals surface area contributed by atoms with E-state index >= 15 is 0 Å². The number of aromatic nitrogens is 6. The molecule has 4 aromatic heterocycles. The predicted octanol–water partition coefficient (Wildman–Crippen LogP) is 4.34. The zero-order valence-electron chi connectivity index (χ0n) is 17.6. The van der Waals surface area contributed by atoms with Gasteiger partial charge in [0.15, 0.2) is 18.1 Å². The van der Waals surface area contributed by atoms with Crippen LogP contribution in [-0.2, 0) is 18.0 Å². The SMILES string of the molecule is Cc1c(C)n(Cc2ccncc2)c2ncn3nc(CO/N=C/c4ccc(Cl)cc4)nc3c12. The third-order valence-electron chi connectivity index (χ3n) is 5.42. The normalized spacial score (nSPS) is 11.7. The Hall–Kier alpha value is -3.78. The second kappa shape index (κ2) is 8.39. The molecule has 0 spiro atoms. The first-order valence-electron chi connectivity index (χ1n) is 10.1. The Bertz CT molecular complexity index is 1420. The second-order valence-corrected chi connectivity index (χ2v) is 7.89. The quantitative estimate of drug-likeness (QED) is 0.287. The molecule has 5 rings (SSSR count). The lowest BCUT2D eigenvalue weighted by Gasteiger charge is -2.07. The van der Waals surface area contributed by atoms with Crippen LogP contribution in [-0.4, -0.2) is 35.3 Å². The molecule has 9 heteroatoms. The van der Waals surface area contributed by atoms with Gasteiger partial charge in [0.05, 0.1) is 11.6 Å². The maximum Gasteiger partial charge on any atom is 0.192 e. The van der Waals surface area contributed by atoms with Crippen molar-refractivity contribution >= 4 is 34.5 Å². The largest absolute Gasteiger partial charge is 0.387 e. The van der Waals surface area contributed by atoms with Crippen LogP contribution in [0.4, 0.5) is 0 Å². The molecule has 0 radical (unpaired) electrons. The summed E-state index contributed by atoms with van der Waals surface area (Å²) < 4.78 is 3.88. The van der Waals surface area contributed by atoms with E-state index in [4.69, 9.17) is 21.4 Å². The fraction of sp³-hybridized carbons (Fsp3) is 0.174. The minimum atomic E-state index is 0.156. The van der Waals surface area contributed by atoms with Gasteiger partial charge in [-0.05, 0) is 54.8 Å². The maximum atomic E-state index is 5.89. The van der Waals surface area contributed by atoms with Crippen LogP contribution in [0.15, 0.2) is 60.3 Å². The summed E-state index contributed by atoms with van der Waals surface area (Å²) in [5.41, 5.74) is 5.97. The summed E-state index contributed by atoms with van der Waals surface area (Å²) in [6.45, 7) is 5.05. The molecule has 0 aliphatic carbocycles. The van der Waals surface area contributed by atoms with E-state index in [1.165, 1.54) is 0 Å². The van der Waals surface area contributed by atoms with Gasteiger partial charge in [-0.3, -0.25) is 4.98 Å². The number of oxime groups is 1. The van der Waals surface area contributed by atoms with Crippen LogP contribution in [0.25, 0.3) is 16.7 Å². The molecule has 32 heavy (non-hydrogen) atoms. The average Bonchev–Trinajstić information content (AvgIpc) is 3.33. The Morgan fingerprint density at radius 2 is 1.84 bits per heavy atom. The first-order valence-corrected chi connectivity index (χ1v) is 10.5. The fourth-order valence-corrected chi connectivity index (χ4v) is 3.77. The van der Waals surface area contributed by atoms with Gasteiger partial charge in [0.2, 0.25) is 0 Å². The first-order chi connectivity index (χ1) is 15.6. The number of hydrogen-bond acceptors (Lipinski definition) is 6. The lowest BCUT2D eigenvalue weighted by atomic mass is 10.2. The Labute approximate surface area is 189 Å². The lowest BCUT2D eigenvalue weighted by Crippen LogP contribution is -2.03. The molecule has 0 aliphatic rings. The molecule has 0 amide bonds. The van der Waals surface area contributed by atoms with E-state index in [0.717, 1.165) is 39.1 Å². The summed E-state index contributed by atoms with van der Waals surface area (Å²) in [6.07, 6.45) is 6.91. The maximum absolute atomic E-state index is 5.89. The van der Waals surface area contributed by atoms with E-state index in [-0.39, 0.29) is 6.61 Å². The van der Waals surface area contributed by atoms with Crippen LogP contribution in [0.3, 0.4) is 0 Å². The number of hydrogen-bond donors (Lipinski definition) is 0. The molecule has 1 aromatic carbocycles. The molecule has 5 aromatic rings. The van der Waals surface area contributed by atoms with Crippen molar-refractivity contribution in [3.05, 3.63) is 88.4 Å². The highest BCUT2D eigenvalue weighted by molar-refractivity contribution is 6.30. The van der Waals surface area contributed by atoms with Crippen LogP contribution in [0.1, 0.15) is 28.2 Å². The molecule has 8 nitrogen and oxygen atoms in total. The van der Waals surface area contributed by atoms with E-state index in [1.54, 1.807) is 41.6 Å². The van der Waals surface area contributed by atoms with Crippen molar-refractivity contribution in [1.29, 1.82) is 0 Å². The van der Waals surface area contributed by atoms with Crippen LogP contribution in [0.5, 0.6) is 0 Å². The third-order valence-corrected chi connectivity index (χ3v) is 5.67. The lowest BCUT2D eigenvalue weighted by molar-refractivity contribution is 0.126. The first kappa shape index (κ1) is 20.1. The Morgan fingerprint density at radius 1 is 1.06 bits per heavy atom. The van der Waals surface area contributed by atoms with Gasteiger partial charge in [0.1, 0.15) is 12.0 Å². The minimum absolute atomic E-state index is 0.156. The van der Waals surface area contributed by atoms with Crippen molar-refractivity contribution in [3.8, 4) is 0 Å². The van der Waals surface area contributed by atoms with E-state index in [2.05, 4.69) is 38.6 Å². The molecular formula is C23H20ClN7O. The molecule has 0 aliphatic heterocycles.